The number of hydrogen-bond donors (Lipinski definition) is 2. The first-order valence-corrected chi connectivity index (χ1v) is 11.1. The first kappa shape index (κ1) is 24.3. The van der Waals surface area contributed by atoms with Crippen molar-refractivity contribution in [3.05, 3.63) is 53.8 Å². The quantitative estimate of drug-likeness (QED) is 0.537. The van der Waals surface area contributed by atoms with Gasteiger partial charge in [-0.1, -0.05) is 6.07 Å². The highest BCUT2D eigenvalue weighted by molar-refractivity contribution is 7.89. The fraction of sp³-hybridized carbons (Fsp3) is 0.333. The number of anilines is 1. The number of nitrogens with one attached hydrogen (secondary N) is 2. The zero-order valence-electron chi connectivity index (χ0n) is 17.5. The summed E-state index contributed by atoms with van der Waals surface area (Å²) in [6, 6.07) is 10.1. The molecule has 0 aliphatic rings. The molecule has 1 atom stereocenters. The van der Waals surface area contributed by atoms with E-state index in [0.29, 0.717) is 17.9 Å². The van der Waals surface area contributed by atoms with Crippen molar-refractivity contribution in [2.45, 2.75) is 38.2 Å². The molecular formula is C21H25FN2O6S. The summed E-state index contributed by atoms with van der Waals surface area (Å²) in [5.41, 5.74) is 0.671. The topological polar surface area (TPSA) is 111 Å². The van der Waals surface area contributed by atoms with Crippen LogP contribution in [-0.2, 0) is 24.3 Å². The molecule has 0 aliphatic carbocycles. The molecule has 2 rings (SSSR count). The third-order valence-electron chi connectivity index (χ3n) is 4.18. The van der Waals surface area contributed by atoms with E-state index < -0.39 is 33.8 Å². The first-order chi connectivity index (χ1) is 14.6. The second kappa shape index (κ2) is 10.9. The SMILES string of the molecule is CCOc1ccc(S(=O)(=O)NCCC(=O)OC(C)C(=O)Nc2ccc(C)c(F)c2)cc1. The maximum absolute atomic E-state index is 13.6. The van der Waals surface area contributed by atoms with Crippen LogP contribution in [0.3, 0.4) is 0 Å². The van der Waals surface area contributed by atoms with E-state index in [-0.39, 0.29) is 23.5 Å². The maximum Gasteiger partial charge on any atom is 0.307 e. The highest BCUT2D eigenvalue weighted by atomic mass is 32.2. The van der Waals surface area contributed by atoms with E-state index in [2.05, 4.69) is 10.0 Å². The lowest BCUT2D eigenvalue weighted by atomic mass is 10.2. The smallest absolute Gasteiger partial charge is 0.307 e. The van der Waals surface area contributed by atoms with Gasteiger partial charge in [-0.15, -0.1) is 0 Å². The molecule has 0 fully saturated rings. The van der Waals surface area contributed by atoms with Crippen molar-refractivity contribution >= 4 is 27.6 Å². The molecule has 2 aromatic rings. The second-order valence-corrected chi connectivity index (χ2v) is 8.40. The van der Waals surface area contributed by atoms with Gasteiger partial charge in [0, 0.05) is 12.2 Å². The third-order valence-corrected chi connectivity index (χ3v) is 5.66. The molecule has 0 bridgehead atoms. The molecule has 0 spiro atoms. The number of esters is 1. The van der Waals surface area contributed by atoms with Crippen molar-refractivity contribution in [1.82, 2.24) is 4.72 Å². The molecule has 0 saturated carbocycles. The average molecular weight is 453 g/mol. The van der Waals surface area contributed by atoms with Crippen LogP contribution in [0.15, 0.2) is 47.4 Å². The van der Waals surface area contributed by atoms with Crippen molar-refractivity contribution in [2.24, 2.45) is 0 Å². The van der Waals surface area contributed by atoms with E-state index in [1.165, 1.54) is 43.3 Å². The van der Waals surface area contributed by atoms with E-state index >= 15 is 0 Å². The predicted molar refractivity (Wildman–Crippen MR) is 113 cm³/mol. The summed E-state index contributed by atoms with van der Waals surface area (Å²) in [5.74, 6) is -1.31. The Labute approximate surface area is 180 Å². The van der Waals surface area contributed by atoms with E-state index in [9.17, 15) is 22.4 Å². The van der Waals surface area contributed by atoms with Crippen LogP contribution in [0.25, 0.3) is 0 Å². The molecule has 0 radical (unpaired) electrons. The van der Waals surface area contributed by atoms with Gasteiger partial charge >= 0.3 is 5.97 Å². The molecule has 1 unspecified atom stereocenters. The van der Waals surface area contributed by atoms with Crippen molar-refractivity contribution in [1.29, 1.82) is 0 Å². The zero-order valence-corrected chi connectivity index (χ0v) is 18.3. The van der Waals surface area contributed by atoms with E-state index in [1.54, 1.807) is 6.92 Å². The van der Waals surface area contributed by atoms with E-state index in [1.807, 2.05) is 6.92 Å². The van der Waals surface area contributed by atoms with Crippen LogP contribution >= 0.6 is 0 Å². The number of sulfonamides is 1. The minimum absolute atomic E-state index is 0.0300. The fourth-order valence-corrected chi connectivity index (χ4v) is 3.51. The Kier molecular flexibility index (Phi) is 8.52. The number of halogens is 1. The van der Waals surface area contributed by atoms with Gasteiger partial charge in [-0.25, -0.2) is 17.5 Å². The highest BCUT2D eigenvalue weighted by Gasteiger charge is 2.19. The summed E-state index contributed by atoms with van der Waals surface area (Å²) in [6.07, 6.45) is -1.41. The van der Waals surface area contributed by atoms with Gasteiger partial charge in [0.05, 0.1) is 17.9 Å². The molecule has 0 aromatic heterocycles. The van der Waals surface area contributed by atoms with Crippen LogP contribution in [0.5, 0.6) is 5.75 Å². The molecule has 10 heteroatoms. The van der Waals surface area contributed by atoms with Crippen molar-refractivity contribution in [3.63, 3.8) is 0 Å². The number of hydrogen-bond acceptors (Lipinski definition) is 6. The van der Waals surface area contributed by atoms with Crippen LogP contribution in [0, 0.1) is 12.7 Å². The lowest BCUT2D eigenvalue weighted by Crippen LogP contribution is -2.32. The van der Waals surface area contributed by atoms with Crippen molar-refractivity contribution < 1.29 is 31.9 Å². The Bertz CT molecular complexity index is 1020. The molecule has 0 heterocycles. The van der Waals surface area contributed by atoms with Gasteiger partial charge in [0.15, 0.2) is 6.10 Å². The Morgan fingerprint density at radius 3 is 2.42 bits per heavy atom. The van der Waals surface area contributed by atoms with Crippen LogP contribution in [0.4, 0.5) is 10.1 Å². The summed E-state index contributed by atoms with van der Waals surface area (Å²) >= 11 is 0. The van der Waals surface area contributed by atoms with Crippen LogP contribution in [0.2, 0.25) is 0 Å². The molecule has 168 valence electrons. The number of rotatable bonds is 10. The highest BCUT2D eigenvalue weighted by Crippen LogP contribution is 2.16. The molecular weight excluding hydrogens is 427 g/mol. The number of aryl methyl sites for hydroxylation is 1. The molecule has 2 N–H and O–H groups in total. The van der Waals surface area contributed by atoms with E-state index in [4.69, 9.17) is 9.47 Å². The second-order valence-electron chi connectivity index (χ2n) is 6.64. The lowest BCUT2D eigenvalue weighted by molar-refractivity contribution is -0.152. The standard InChI is InChI=1S/C21H25FN2O6S/c1-4-29-17-7-9-18(10-8-17)31(27,28)23-12-11-20(25)30-15(3)21(26)24-16-6-5-14(2)19(22)13-16/h5-10,13,15,23H,4,11-12H2,1-3H3,(H,24,26). The van der Waals surface area contributed by atoms with Crippen LogP contribution in [-0.4, -0.2) is 39.5 Å². The Hall–Kier alpha value is -2.98. The van der Waals surface area contributed by atoms with Gasteiger partial charge < -0.3 is 14.8 Å². The number of benzene rings is 2. The fourth-order valence-electron chi connectivity index (χ4n) is 2.48. The zero-order chi connectivity index (χ0) is 23.0. The number of amides is 1. The van der Waals surface area contributed by atoms with Gasteiger partial charge in [-0.05, 0) is 62.7 Å². The Morgan fingerprint density at radius 1 is 1.13 bits per heavy atom. The first-order valence-electron chi connectivity index (χ1n) is 9.61. The molecule has 0 saturated heterocycles. The normalized spacial score (nSPS) is 12.1. The van der Waals surface area contributed by atoms with Crippen LogP contribution in [0.1, 0.15) is 25.8 Å². The van der Waals surface area contributed by atoms with Crippen LogP contribution < -0.4 is 14.8 Å². The summed E-state index contributed by atoms with van der Waals surface area (Å²) in [5, 5.41) is 2.45. The summed E-state index contributed by atoms with van der Waals surface area (Å²) in [4.78, 5) is 24.1. The number of carbonyl (C=O) groups excluding carboxylic acids is 2. The molecule has 1 amide bonds. The maximum atomic E-state index is 13.6. The van der Waals surface area contributed by atoms with Crippen molar-refractivity contribution in [3.8, 4) is 5.75 Å². The molecule has 8 nitrogen and oxygen atoms in total. The summed E-state index contributed by atoms with van der Waals surface area (Å²) < 4.78 is 50.7. The number of carbonyl (C=O) groups is 2. The minimum atomic E-state index is -3.81. The van der Waals surface area contributed by atoms with Gasteiger partial charge in [0.2, 0.25) is 10.0 Å². The summed E-state index contributed by atoms with van der Waals surface area (Å²) in [6.45, 7) is 5.03. The molecule has 2 aromatic carbocycles. The van der Waals surface area contributed by atoms with E-state index in [0.717, 1.165) is 6.07 Å². The largest absolute Gasteiger partial charge is 0.494 e. The van der Waals surface area contributed by atoms with Gasteiger partial charge in [-0.3, -0.25) is 9.59 Å². The minimum Gasteiger partial charge on any atom is -0.494 e. The predicted octanol–water partition coefficient (Wildman–Crippen LogP) is 2.77. The molecule has 31 heavy (non-hydrogen) atoms. The average Bonchev–Trinajstić information content (AvgIpc) is 2.71. The molecule has 0 aliphatic heterocycles. The van der Waals surface area contributed by atoms with Crippen molar-refractivity contribution in [2.75, 3.05) is 18.5 Å². The number of ether oxygens (including phenoxy) is 2. The lowest BCUT2D eigenvalue weighted by Gasteiger charge is -2.14. The van der Waals surface area contributed by atoms with Gasteiger partial charge in [0.25, 0.3) is 5.91 Å². The Balaban J connectivity index is 1.80. The third kappa shape index (κ3) is 7.34. The Morgan fingerprint density at radius 2 is 1.81 bits per heavy atom. The van der Waals surface area contributed by atoms with Gasteiger partial charge in [-0.2, -0.15) is 0 Å². The summed E-state index contributed by atoms with van der Waals surface area (Å²) in [7, 11) is -3.81. The van der Waals surface area contributed by atoms with Gasteiger partial charge in [0.1, 0.15) is 11.6 Å². The monoisotopic (exact) mass is 452 g/mol.